The van der Waals surface area contributed by atoms with Crippen molar-refractivity contribution in [2.75, 3.05) is 0 Å². The third-order valence-electron chi connectivity index (χ3n) is 4.85. The molecule has 1 saturated carbocycles. The summed E-state index contributed by atoms with van der Waals surface area (Å²) in [5.41, 5.74) is 6.98. The second kappa shape index (κ2) is 6.39. The van der Waals surface area contributed by atoms with Crippen LogP contribution in [0, 0.1) is 17.8 Å². The summed E-state index contributed by atoms with van der Waals surface area (Å²) in [6, 6.07) is 8.32. The topological polar surface area (TPSA) is 35.2 Å². The van der Waals surface area contributed by atoms with Gasteiger partial charge in [-0.1, -0.05) is 39.3 Å². The lowest BCUT2D eigenvalue weighted by Crippen LogP contribution is -2.36. The first kappa shape index (κ1) is 16.4. The summed E-state index contributed by atoms with van der Waals surface area (Å²) < 4.78 is 6.33. The molecule has 0 spiro atoms. The minimum atomic E-state index is -0.293. The van der Waals surface area contributed by atoms with Crippen LogP contribution in [0.3, 0.4) is 0 Å². The van der Waals surface area contributed by atoms with Crippen LogP contribution in [-0.4, -0.2) is 6.10 Å². The largest absolute Gasteiger partial charge is 0.490 e. The van der Waals surface area contributed by atoms with Crippen molar-refractivity contribution in [1.29, 1.82) is 0 Å². The summed E-state index contributed by atoms with van der Waals surface area (Å²) in [7, 11) is 0. The Morgan fingerprint density at radius 3 is 2.29 bits per heavy atom. The van der Waals surface area contributed by atoms with E-state index in [4.69, 9.17) is 10.5 Å². The van der Waals surface area contributed by atoms with E-state index in [0.717, 1.165) is 17.2 Å². The molecule has 2 rings (SSSR count). The highest BCUT2D eigenvalue weighted by molar-refractivity contribution is 5.31. The second-order valence-electron chi connectivity index (χ2n) is 7.73. The minimum Gasteiger partial charge on any atom is -0.490 e. The lowest BCUT2D eigenvalue weighted by molar-refractivity contribution is 0.0460. The highest BCUT2D eigenvalue weighted by Crippen LogP contribution is 2.36. The maximum atomic E-state index is 6.33. The Balaban J connectivity index is 2.08. The monoisotopic (exact) mass is 289 g/mol. The second-order valence-corrected chi connectivity index (χ2v) is 7.73. The molecule has 0 amide bonds. The van der Waals surface area contributed by atoms with E-state index in [1.807, 2.05) is 13.8 Å². The van der Waals surface area contributed by atoms with Gasteiger partial charge in [-0.3, -0.25) is 0 Å². The van der Waals surface area contributed by atoms with Gasteiger partial charge in [0.25, 0.3) is 0 Å². The molecule has 3 atom stereocenters. The first-order valence-electron chi connectivity index (χ1n) is 8.33. The molecule has 21 heavy (non-hydrogen) atoms. The van der Waals surface area contributed by atoms with Crippen LogP contribution in [0.1, 0.15) is 59.4 Å². The number of ether oxygens (including phenoxy) is 1. The molecule has 2 nitrogen and oxygen atoms in total. The lowest BCUT2D eigenvalue weighted by atomic mass is 9.75. The summed E-state index contributed by atoms with van der Waals surface area (Å²) in [5, 5.41) is 0. The molecular formula is C19H31NO. The van der Waals surface area contributed by atoms with Crippen LogP contribution in [0.4, 0.5) is 0 Å². The van der Waals surface area contributed by atoms with Gasteiger partial charge in [-0.2, -0.15) is 0 Å². The van der Waals surface area contributed by atoms with E-state index in [2.05, 4.69) is 45.0 Å². The Hall–Kier alpha value is -1.02. The van der Waals surface area contributed by atoms with Crippen LogP contribution in [0.2, 0.25) is 0 Å². The Bertz CT molecular complexity index is 444. The number of nitrogens with two attached hydrogens (primary N) is 1. The molecule has 0 aromatic heterocycles. The van der Waals surface area contributed by atoms with Crippen LogP contribution >= 0.6 is 0 Å². The summed E-state index contributed by atoms with van der Waals surface area (Å²) in [6.45, 7) is 11.0. The lowest BCUT2D eigenvalue weighted by Gasteiger charge is -2.37. The van der Waals surface area contributed by atoms with Gasteiger partial charge >= 0.3 is 0 Å². The number of rotatable bonds is 4. The zero-order chi connectivity index (χ0) is 15.6. The van der Waals surface area contributed by atoms with Crippen molar-refractivity contribution in [2.24, 2.45) is 23.5 Å². The first-order valence-corrected chi connectivity index (χ1v) is 8.33. The van der Waals surface area contributed by atoms with E-state index in [9.17, 15) is 0 Å². The average molecular weight is 289 g/mol. The molecule has 0 heterocycles. The van der Waals surface area contributed by atoms with Gasteiger partial charge in [0.1, 0.15) is 11.9 Å². The maximum absolute atomic E-state index is 6.33. The molecule has 3 unspecified atom stereocenters. The fourth-order valence-electron chi connectivity index (χ4n) is 3.39. The molecule has 2 N–H and O–H groups in total. The van der Waals surface area contributed by atoms with Crippen molar-refractivity contribution in [1.82, 2.24) is 0 Å². The molecular weight excluding hydrogens is 258 g/mol. The van der Waals surface area contributed by atoms with Crippen molar-refractivity contribution in [3.05, 3.63) is 29.8 Å². The summed E-state index contributed by atoms with van der Waals surface area (Å²) >= 11 is 0. The molecule has 1 aliphatic rings. The summed E-state index contributed by atoms with van der Waals surface area (Å²) in [6.07, 6.45) is 4.15. The summed E-state index contributed by atoms with van der Waals surface area (Å²) in [4.78, 5) is 0. The van der Waals surface area contributed by atoms with E-state index in [1.54, 1.807) is 0 Å². The molecule has 1 aliphatic carbocycles. The van der Waals surface area contributed by atoms with Crippen molar-refractivity contribution in [3.8, 4) is 5.75 Å². The van der Waals surface area contributed by atoms with Gasteiger partial charge in [0.05, 0.1) is 0 Å². The molecule has 0 bridgehead atoms. The third-order valence-corrected chi connectivity index (χ3v) is 4.85. The molecule has 0 aliphatic heterocycles. The Labute approximate surface area is 130 Å². The SMILES string of the molecule is CC1CCC(C(C)C)C(Oc2ccc(C(C)(C)N)cc2)C1. The molecule has 0 radical (unpaired) electrons. The normalized spacial score (nSPS) is 26.9. The van der Waals surface area contributed by atoms with Gasteiger partial charge < -0.3 is 10.5 Å². The zero-order valence-electron chi connectivity index (χ0n) is 14.2. The standard InChI is InChI=1S/C19H31NO/c1-13(2)17-11-6-14(3)12-18(17)21-16-9-7-15(8-10-16)19(4,5)20/h7-10,13-14,17-18H,6,11-12,20H2,1-5H3. The van der Waals surface area contributed by atoms with Gasteiger partial charge in [0, 0.05) is 5.54 Å². The van der Waals surface area contributed by atoms with Crippen molar-refractivity contribution >= 4 is 0 Å². The average Bonchev–Trinajstić information content (AvgIpc) is 2.38. The summed E-state index contributed by atoms with van der Waals surface area (Å²) in [5.74, 6) is 3.11. The van der Waals surface area contributed by atoms with Crippen LogP contribution in [0.5, 0.6) is 5.75 Å². The smallest absolute Gasteiger partial charge is 0.119 e. The van der Waals surface area contributed by atoms with Crippen LogP contribution in [0.15, 0.2) is 24.3 Å². The number of hydrogen-bond acceptors (Lipinski definition) is 2. The zero-order valence-corrected chi connectivity index (χ0v) is 14.2. The first-order chi connectivity index (χ1) is 9.77. The van der Waals surface area contributed by atoms with Gasteiger partial charge in [0.15, 0.2) is 0 Å². The van der Waals surface area contributed by atoms with Crippen LogP contribution in [-0.2, 0) is 5.54 Å². The molecule has 118 valence electrons. The Morgan fingerprint density at radius 1 is 1.14 bits per heavy atom. The van der Waals surface area contributed by atoms with Crippen LogP contribution < -0.4 is 10.5 Å². The Kier molecular flexibility index (Phi) is 4.98. The van der Waals surface area contributed by atoms with Crippen molar-refractivity contribution in [3.63, 3.8) is 0 Å². The molecule has 1 fully saturated rings. The van der Waals surface area contributed by atoms with Crippen LogP contribution in [0.25, 0.3) is 0 Å². The van der Waals surface area contributed by atoms with E-state index in [1.165, 1.54) is 19.3 Å². The highest BCUT2D eigenvalue weighted by Gasteiger charge is 2.32. The van der Waals surface area contributed by atoms with Gasteiger partial charge in [-0.05, 0) is 62.1 Å². The quantitative estimate of drug-likeness (QED) is 0.870. The van der Waals surface area contributed by atoms with Gasteiger partial charge in [-0.15, -0.1) is 0 Å². The molecule has 0 saturated heterocycles. The van der Waals surface area contributed by atoms with E-state index in [0.29, 0.717) is 17.9 Å². The fraction of sp³-hybridized carbons (Fsp3) is 0.684. The molecule has 1 aromatic carbocycles. The molecule has 2 heteroatoms. The maximum Gasteiger partial charge on any atom is 0.119 e. The number of hydrogen-bond donors (Lipinski definition) is 1. The van der Waals surface area contributed by atoms with Crippen molar-refractivity contribution in [2.45, 2.75) is 65.5 Å². The van der Waals surface area contributed by atoms with Crippen molar-refractivity contribution < 1.29 is 4.74 Å². The fourth-order valence-corrected chi connectivity index (χ4v) is 3.39. The predicted molar refractivity (Wildman–Crippen MR) is 89.4 cm³/mol. The highest BCUT2D eigenvalue weighted by atomic mass is 16.5. The van der Waals surface area contributed by atoms with Gasteiger partial charge in [-0.25, -0.2) is 0 Å². The third kappa shape index (κ3) is 4.23. The number of benzene rings is 1. The van der Waals surface area contributed by atoms with E-state index in [-0.39, 0.29) is 5.54 Å². The molecule has 1 aromatic rings. The van der Waals surface area contributed by atoms with E-state index >= 15 is 0 Å². The van der Waals surface area contributed by atoms with Gasteiger partial charge in [0.2, 0.25) is 0 Å². The Morgan fingerprint density at radius 2 is 1.76 bits per heavy atom. The minimum absolute atomic E-state index is 0.293. The predicted octanol–water partition coefficient (Wildman–Crippen LogP) is 4.72. The van der Waals surface area contributed by atoms with E-state index < -0.39 is 0 Å².